The van der Waals surface area contributed by atoms with Gasteiger partial charge in [-0.2, -0.15) is 4.31 Å². The van der Waals surface area contributed by atoms with Gasteiger partial charge in [-0.3, -0.25) is 4.79 Å². The summed E-state index contributed by atoms with van der Waals surface area (Å²) >= 11 is 13.3. The van der Waals surface area contributed by atoms with E-state index in [1.54, 1.807) is 35.7 Å². The molecule has 27 heavy (non-hydrogen) atoms. The fourth-order valence-electron chi connectivity index (χ4n) is 3.01. The Morgan fingerprint density at radius 1 is 1.22 bits per heavy atom. The summed E-state index contributed by atoms with van der Waals surface area (Å²) in [5.74, 6) is -0.177. The van der Waals surface area contributed by atoms with Crippen LogP contribution in [0.5, 0.6) is 0 Å². The summed E-state index contributed by atoms with van der Waals surface area (Å²) < 4.78 is 27.0. The van der Waals surface area contributed by atoms with Crippen molar-refractivity contribution in [1.29, 1.82) is 0 Å². The van der Waals surface area contributed by atoms with Gasteiger partial charge in [-0.1, -0.05) is 35.3 Å². The van der Waals surface area contributed by atoms with Crippen LogP contribution in [0.4, 0.5) is 5.69 Å². The Balaban J connectivity index is 1.60. The van der Waals surface area contributed by atoms with Gasteiger partial charge in [-0.15, -0.1) is 11.3 Å². The minimum Gasteiger partial charge on any atom is -0.323 e. The van der Waals surface area contributed by atoms with Crippen LogP contribution in [0.3, 0.4) is 0 Å². The molecule has 10 heteroatoms. The maximum atomic E-state index is 12.6. The number of nitrogens with zero attached hydrogens (tertiary/aromatic N) is 1. The lowest BCUT2D eigenvalue weighted by atomic mass is 10.2. The van der Waals surface area contributed by atoms with Gasteiger partial charge in [0.2, 0.25) is 0 Å². The van der Waals surface area contributed by atoms with Gasteiger partial charge in [-0.05, 0) is 30.5 Å². The van der Waals surface area contributed by atoms with E-state index in [-0.39, 0.29) is 11.9 Å². The van der Waals surface area contributed by atoms with Gasteiger partial charge < -0.3 is 10.2 Å². The number of piperazine rings is 1. The number of benzene rings is 1. The summed E-state index contributed by atoms with van der Waals surface area (Å²) in [6.45, 7) is 3.70. The molecule has 1 aromatic heterocycles. The second kappa shape index (κ2) is 8.46. The van der Waals surface area contributed by atoms with Crippen molar-refractivity contribution in [2.75, 3.05) is 31.5 Å². The maximum absolute atomic E-state index is 12.6. The fraction of sp³-hybridized carbons (Fsp3) is 0.353. The Bertz CT molecular complexity index is 912. The lowest BCUT2D eigenvalue weighted by Gasteiger charge is -2.33. The van der Waals surface area contributed by atoms with Gasteiger partial charge in [-0.25, -0.2) is 8.42 Å². The Labute approximate surface area is 172 Å². The molecule has 1 atom stereocenters. The number of rotatable bonds is 5. The third kappa shape index (κ3) is 4.47. The van der Waals surface area contributed by atoms with E-state index in [4.69, 9.17) is 23.2 Å². The number of carbonyl (C=O) groups is 1. The van der Waals surface area contributed by atoms with E-state index >= 15 is 0 Å². The summed E-state index contributed by atoms with van der Waals surface area (Å²) in [6.07, 6.45) is 0. The zero-order valence-corrected chi connectivity index (χ0v) is 17.8. The Morgan fingerprint density at radius 3 is 2.56 bits per heavy atom. The number of anilines is 1. The molecule has 1 amide bonds. The third-order valence-corrected chi connectivity index (χ3v) is 8.76. The number of halogens is 2. The predicted octanol–water partition coefficient (Wildman–Crippen LogP) is 1.97. The van der Waals surface area contributed by atoms with Crippen molar-refractivity contribution in [2.45, 2.75) is 17.2 Å². The SMILES string of the molecule is C[C@@H](C(=O)Nc1cccc(Cl)c1Cl)[NH+]1CCN(S(=O)(=O)c2cccs2)CC1. The molecular formula is C17H20Cl2N3O3S2+. The van der Waals surface area contributed by atoms with Gasteiger partial charge in [0, 0.05) is 0 Å². The molecule has 2 N–H and O–H groups in total. The van der Waals surface area contributed by atoms with Crippen LogP contribution < -0.4 is 10.2 Å². The average Bonchev–Trinajstić information content (AvgIpc) is 3.20. The molecule has 0 unspecified atom stereocenters. The molecule has 0 spiro atoms. The lowest BCUT2D eigenvalue weighted by molar-refractivity contribution is -0.917. The first-order valence-corrected chi connectivity index (χ1v) is 11.5. The molecule has 1 aliphatic rings. The number of nitrogens with one attached hydrogen (secondary N) is 2. The summed E-state index contributed by atoms with van der Waals surface area (Å²) in [5, 5.41) is 5.24. The van der Waals surface area contributed by atoms with Crippen LogP contribution in [0.1, 0.15) is 6.92 Å². The molecule has 1 saturated heterocycles. The van der Waals surface area contributed by atoms with Crippen molar-refractivity contribution in [2.24, 2.45) is 0 Å². The number of hydrogen-bond acceptors (Lipinski definition) is 4. The summed E-state index contributed by atoms with van der Waals surface area (Å²) in [5.41, 5.74) is 0.472. The predicted molar refractivity (Wildman–Crippen MR) is 108 cm³/mol. The van der Waals surface area contributed by atoms with Gasteiger partial charge in [0.05, 0.1) is 41.9 Å². The van der Waals surface area contributed by atoms with Crippen molar-refractivity contribution in [3.63, 3.8) is 0 Å². The van der Waals surface area contributed by atoms with Crippen molar-refractivity contribution < 1.29 is 18.1 Å². The van der Waals surface area contributed by atoms with Crippen molar-refractivity contribution >= 4 is 56.2 Å². The number of carbonyl (C=O) groups excluding carboxylic acids is 1. The molecule has 0 saturated carbocycles. The van der Waals surface area contributed by atoms with Gasteiger partial charge in [0.15, 0.2) is 6.04 Å². The van der Waals surface area contributed by atoms with E-state index in [1.807, 2.05) is 6.92 Å². The van der Waals surface area contributed by atoms with E-state index < -0.39 is 10.0 Å². The molecule has 2 heterocycles. The summed E-state index contributed by atoms with van der Waals surface area (Å²) in [4.78, 5) is 13.6. The number of hydrogen-bond donors (Lipinski definition) is 2. The van der Waals surface area contributed by atoms with E-state index in [0.717, 1.165) is 4.90 Å². The zero-order chi connectivity index (χ0) is 19.6. The van der Waals surface area contributed by atoms with Gasteiger partial charge in [0.1, 0.15) is 4.21 Å². The van der Waals surface area contributed by atoms with Crippen LogP contribution in [0.25, 0.3) is 0 Å². The van der Waals surface area contributed by atoms with Crippen molar-refractivity contribution in [3.8, 4) is 0 Å². The highest BCUT2D eigenvalue weighted by Crippen LogP contribution is 2.29. The molecule has 146 valence electrons. The third-order valence-electron chi connectivity index (χ3n) is 4.67. The van der Waals surface area contributed by atoms with Crippen LogP contribution in [0, 0.1) is 0 Å². The maximum Gasteiger partial charge on any atom is 0.282 e. The molecule has 6 nitrogen and oxygen atoms in total. The summed E-state index contributed by atoms with van der Waals surface area (Å²) in [6, 6.07) is 8.07. The monoisotopic (exact) mass is 448 g/mol. The van der Waals surface area contributed by atoms with E-state index in [0.29, 0.717) is 46.1 Å². The minimum atomic E-state index is -3.44. The van der Waals surface area contributed by atoms with Crippen LogP contribution in [0.2, 0.25) is 10.0 Å². The first-order valence-electron chi connectivity index (χ1n) is 8.44. The minimum absolute atomic E-state index is 0.177. The molecule has 1 aliphatic heterocycles. The molecule has 3 rings (SSSR count). The van der Waals surface area contributed by atoms with Crippen molar-refractivity contribution in [1.82, 2.24) is 4.31 Å². The molecule has 0 bridgehead atoms. The highest BCUT2D eigenvalue weighted by Gasteiger charge is 2.34. The highest BCUT2D eigenvalue weighted by molar-refractivity contribution is 7.91. The molecular weight excluding hydrogens is 429 g/mol. The lowest BCUT2D eigenvalue weighted by Crippen LogP contribution is -3.19. The molecule has 1 fully saturated rings. The van der Waals surface area contributed by atoms with Crippen LogP contribution in [0.15, 0.2) is 39.9 Å². The molecule has 1 aromatic carbocycles. The number of thiophene rings is 1. The Hall–Kier alpha value is -1.16. The van der Waals surface area contributed by atoms with Gasteiger partial charge in [0.25, 0.3) is 15.9 Å². The van der Waals surface area contributed by atoms with Crippen LogP contribution in [-0.4, -0.2) is 50.9 Å². The Kier molecular flexibility index (Phi) is 6.45. The quantitative estimate of drug-likeness (QED) is 0.734. The second-order valence-electron chi connectivity index (χ2n) is 6.31. The summed E-state index contributed by atoms with van der Waals surface area (Å²) in [7, 11) is -3.44. The average molecular weight is 449 g/mol. The van der Waals surface area contributed by atoms with Crippen LogP contribution in [-0.2, 0) is 14.8 Å². The van der Waals surface area contributed by atoms with E-state index in [9.17, 15) is 13.2 Å². The topological polar surface area (TPSA) is 70.9 Å². The molecule has 0 radical (unpaired) electrons. The number of sulfonamides is 1. The van der Waals surface area contributed by atoms with E-state index in [1.165, 1.54) is 15.6 Å². The zero-order valence-electron chi connectivity index (χ0n) is 14.6. The Morgan fingerprint density at radius 2 is 1.93 bits per heavy atom. The highest BCUT2D eigenvalue weighted by atomic mass is 35.5. The fourth-order valence-corrected chi connectivity index (χ4v) is 5.94. The first-order chi connectivity index (χ1) is 12.8. The smallest absolute Gasteiger partial charge is 0.282 e. The number of quaternary nitrogens is 1. The molecule has 0 aliphatic carbocycles. The number of amides is 1. The normalized spacial score (nSPS) is 17.6. The van der Waals surface area contributed by atoms with Crippen molar-refractivity contribution in [3.05, 3.63) is 45.8 Å². The largest absolute Gasteiger partial charge is 0.323 e. The van der Waals surface area contributed by atoms with E-state index in [2.05, 4.69) is 5.32 Å². The first kappa shape index (κ1) is 20.6. The van der Waals surface area contributed by atoms with Gasteiger partial charge >= 0.3 is 0 Å². The van der Waals surface area contributed by atoms with Crippen LogP contribution >= 0.6 is 34.5 Å². The molecule has 2 aromatic rings. The second-order valence-corrected chi connectivity index (χ2v) is 10.2. The standard InChI is InChI=1S/C17H19Cl2N3O3S2/c1-12(17(23)20-14-5-2-4-13(18)16(14)19)21-7-9-22(10-8-21)27(24,25)15-6-3-11-26-15/h2-6,11-12H,7-10H2,1H3,(H,20,23)/p+1/t12-/m0/s1.